The molecule has 1 fully saturated rings. The Bertz CT molecular complexity index is 1680. The molecule has 1 aliphatic rings. The smallest absolute Gasteiger partial charge is 0.266 e. The molecule has 0 spiro atoms. The van der Waals surface area contributed by atoms with Crippen LogP contribution in [0, 0.1) is 13.8 Å². The van der Waals surface area contributed by atoms with Gasteiger partial charge in [0.1, 0.15) is 0 Å². The van der Waals surface area contributed by atoms with Crippen molar-refractivity contribution in [2.24, 2.45) is 0 Å². The quantitative estimate of drug-likeness (QED) is 0.269. The minimum atomic E-state index is -3.62. The normalized spacial score (nSPS) is 14.4. The van der Waals surface area contributed by atoms with Crippen molar-refractivity contribution in [3.8, 4) is 5.69 Å². The lowest BCUT2D eigenvalue weighted by atomic mass is 10.1. The fraction of sp³-hybridized carbons (Fsp3) is 0.250. The highest BCUT2D eigenvalue weighted by atomic mass is 32.2. The highest BCUT2D eigenvalue weighted by molar-refractivity contribution is 7.99. The molecule has 1 amide bonds. The van der Waals surface area contributed by atoms with Crippen LogP contribution in [0.5, 0.6) is 0 Å². The van der Waals surface area contributed by atoms with Crippen molar-refractivity contribution in [3.05, 3.63) is 88.2 Å². The van der Waals surface area contributed by atoms with E-state index in [1.165, 1.54) is 16.4 Å². The third-order valence-electron chi connectivity index (χ3n) is 6.29. The number of thioether (sulfide) groups is 1. The Morgan fingerprint density at radius 2 is 1.67 bits per heavy atom. The zero-order valence-corrected chi connectivity index (χ0v) is 23.2. The van der Waals surface area contributed by atoms with Gasteiger partial charge in [0, 0.05) is 18.8 Å². The summed E-state index contributed by atoms with van der Waals surface area (Å²) in [6.07, 6.45) is 0. The molecule has 5 rings (SSSR count). The number of fused-ring (bicyclic) bond motifs is 1. The van der Waals surface area contributed by atoms with Crippen LogP contribution in [-0.4, -0.2) is 60.2 Å². The second-order valence-corrected chi connectivity index (χ2v) is 12.2. The van der Waals surface area contributed by atoms with Gasteiger partial charge in [-0.15, -0.1) is 0 Å². The van der Waals surface area contributed by atoms with E-state index in [0.29, 0.717) is 53.7 Å². The molecule has 39 heavy (non-hydrogen) atoms. The molecule has 4 aromatic rings. The molecule has 0 saturated carbocycles. The number of aromatic nitrogens is 2. The maximum atomic E-state index is 13.5. The van der Waals surface area contributed by atoms with Crippen LogP contribution in [0.15, 0.2) is 81.6 Å². The molecule has 3 aromatic carbocycles. The van der Waals surface area contributed by atoms with Crippen LogP contribution in [0.4, 0.5) is 5.69 Å². The minimum absolute atomic E-state index is 0.00338. The molecular formula is C28H28N4O5S2. The predicted octanol–water partition coefficient (Wildman–Crippen LogP) is 3.75. The van der Waals surface area contributed by atoms with Gasteiger partial charge in [-0.3, -0.25) is 14.2 Å². The van der Waals surface area contributed by atoms with Gasteiger partial charge in [0.05, 0.1) is 40.5 Å². The summed E-state index contributed by atoms with van der Waals surface area (Å²) < 4.78 is 33.9. The van der Waals surface area contributed by atoms with Crippen LogP contribution >= 0.6 is 11.8 Å². The molecule has 1 aliphatic heterocycles. The Hall–Kier alpha value is -3.51. The van der Waals surface area contributed by atoms with Gasteiger partial charge in [0.15, 0.2) is 5.16 Å². The number of hydrogen-bond donors (Lipinski definition) is 1. The molecule has 0 unspecified atom stereocenters. The number of benzene rings is 3. The predicted molar refractivity (Wildman–Crippen MR) is 152 cm³/mol. The van der Waals surface area contributed by atoms with Crippen molar-refractivity contribution in [1.82, 2.24) is 13.9 Å². The number of nitrogens with zero attached hydrogens (tertiary/aromatic N) is 3. The van der Waals surface area contributed by atoms with Gasteiger partial charge in [-0.2, -0.15) is 4.31 Å². The summed E-state index contributed by atoms with van der Waals surface area (Å²) >= 11 is 1.16. The summed E-state index contributed by atoms with van der Waals surface area (Å²) in [5.74, 6) is -0.304. The van der Waals surface area contributed by atoms with Gasteiger partial charge in [-0.25, -0.2) is 13.4 Å². The van der Waals surface area contributed by atoms with E-state index in [9.17, 15) is 18.0 Å². The van der Waals surface area contributed by atoms with Crippen LogP contribution in [0.2, 0.25) is 0 Å². The van der Waals surface area contributed by atoms with Gasteiger partial charge in [0.25, 0.3) is 5.56 Å². The first-order chi connectivity index (χ1) is 18.7. The number of aryl methyl sites for hydroxylation is 2. The second kappa shape index (κ2) is 11.3. The number of sulfonamides is 1. The van der Waals surface area contributed by atoms with E-state index in [2.05, 4.69) is 5.32 Å². The highest BCUT2D eigenvalue weighted by Gasteiger charge is 2.26. The van der Waals surface area contributed by atoms with Crippen molar-refractivity contribution in [2.75, 3.05) is 37.4 Å². The molecule has 1 aromatic heterocycles. The molecule has 0 aliphatic carbocycles. The van der Waals surface area contributed by atoms with Gasteiger partial charge < -0.3 is 10.1 Å². The van der Waals surface area contributed by atoms with Gasteiger partial charge in [-0.05, 0) is 73.5 Å². The van der Waals surface area contributed by atoms with E-state index in [1.54, 1.807) is 34.9 Å². The number of amides is 1. The Labute approximate surface area is 230 Å². The minimum Gasteiger partial charge on any atom is -0.379 e. The SMILES string of the molecule is Cc1cc(C)cc(-n2c(SCC(=O)Nc3ccc(S(=O)(=O)N4CCOCC4)cc3)nc3ccccc3c2=O)c1. The number of para-hydroxylation sites is 1. The Morgan fingerprint density at radius 3 is 2.36 bits per heavy atom. The third kappa shape index (κ3) is 5.91. The average Bonchev–Trinajstić information content (AvgIpc) is 2.92. The molecule has 0 atom stereocenters. The Balaban J connectivity index is 1.35. The molecule has 2 heterocycles. The second-order valence-electron chi connectivity index (χ2n) is 9.28. The van der Waals surface area contributed by atoms with E-state index in [4.69, 9.17) is 9.72 Å². The maximum Gasteiger partial charge on any atom is 0.266 e. The first-order valence-electron chi connectivity index (χ1n) is 12.4. The van der Waals surface area contributed by atoms with Crippen LogP contribution in [0.3, 0.4) is 0 Å². The van der Waals surface area contributed by atoms with Crippen molar-refractivity contribution >= 4 is 44.3 Å². The molecule has 11 heteroatoms. The Morgan fingerprint density at radius 1 is 1.00 bits per heavy atom. The van der Waals surface area contributed by atoms with Gasteiger partial charge in [-0.1, -0.05) is 30.0 Å². The van der Waals surface area contributed by atoms with Crippen molar-refractivity contribution in [1.29, 1.82) is 0 Å². The molecule has 0 radical (unpaired) electrons. The zero-order valence-electron chi connectivity index (χ0n) is 21.6. The standard InChI is InChI=1S/C28H28N4O5S2/c1-19-15-20(2)17-22(16-19)32-27(34)24-5-3-4-6-25(24)30-28(32)38-18-26(33)29-21-7-9-23(10-8-21)39(35,36)31-11-13-37-14-12-31/h3-10,15-17H,11-14,18H2,1-2H3,(H,29,33). The fourth-order valence-corrected chi connectivity index (χ4v) is 6.71. The van der Waals surface area contributed by atoms with Gasteiger partial charge >= 0.3 is 0 Å². The first-order valence-corrected chi connectivity index (χ1v) is 14.9. The summed E-state index contributed by atoms with van der Waals surface area (Å²) in [5.41, 5.74) is 3.54. The number of carbonyl (C=O) groups is 1. The molecule has 1 saturated heterocycles. The molecule has 9 nitrogen and oxygen atoms in total. The van der Waals surface area contributed by atoms with Crippen LogP contribution in [0.25, 0.3) is 16.6 Å². The average molecular weight is 565 g/mol. The topological polar surface area (TPSA) is 111 Å². The lowest BCUT2D eigenvalue weighted by molar-refractivity contribution is -0.113. The van der Waals surface area contributed by atoms with Crippen LogP contribution in [-0.2, 0) is 19.6 Å². The van der Waals surface area contributed by atoms with Crippen LogP contribution in [0.1, 0.15) is 11.1 Å². The maximum absolute atomic E-state index is 13.5. The monoisotopic (exact) mass is 564 g/mol. The number of nitrogens with one attached hydrogen (secondary N) is 1. The highest BCUT2D eigenvalue weighted by Crippen LogP contribution is 2.24. The van der Waals surface area contributed by atoms with Crippen molar-refractivity contribution in [3.63, 3.8) is 0 Å². The molecular weight excluding hydrogens is 536 g/mol. The summed E-state index contributed by atoms with van der Waals surface area (Å²) in [7, 11) is -3.62. The van der Waals surface area contributed by atoms with Crippen molar-refractivity contribution in [2.45, 2.75) is 23.9 Å². The molecule has 202 valence electrons. The fourth-order valence-electron chi connectivity index (χ4n) is 4.49. The van der Waals surface area contributed by atoms with E-state index >= 15 is 0 Å². The van der Waals surface area contributed by atoms with Gasteiger partial charge in [0.2, 0.25) is 15.9 Å². The third-order valence-corrected chi connectivity index (χ3v) is 9.14. The van der Waals surface area contributed by atoms with E-state index in [1.807, 2.05) is 38.1 Å². The zero-order chi connectivity index (χ0) is 27.6. The number of rotatable bonds is 7. The van der Waals surface area contributed by atoms with E-state index in [-0.39, 0.29) is 22.1 Å². The lowest BCUT2D eigenvalue weighted by Gasteiger charge is -2.26. The molecule has 0 bridgehead atoms. The largest absolute Gasteiger partial charge is 0.379 e. The van der Waals surface area contributed by atoms with Crippen LogP contribution < -0.4 is 10.9 Å². The number of anilines is 1. The lowest BCUT2D eigenvalue weighted by Crippen LogP contribution is -2.40. The summed E-state index contributed by atoms with van der Waals surface area (Å²) in [6.45, 7) is 5.30. The number of morpholine rings is 1. The van der Waals surface area contributed by atoms with E-state index in [0.717, 1.165) is 22.9 Å². The van der Waals surface area contributed by atoms with Crippen molar-refractivity contribution < 1.29 is 17.9 Å². The Kier molecular flexibility index (Phi) is 7.85. The number of ether oxygens (including phenoxy) is 1. The summed E-state index contributed by atoms with van der Waals surface area (Å²) in [4.78, 5) is 31.2. The van der Waals surface area contributed by atoms with E-state index < -0.39 is 10.0 Å². The summed E-state index contributed by atoms with van der Waals surface area (Å²) in [6, 6.07) is 19.1. The molecule has 1 N–H and O–H groups in total. The summed E-state index contributed by atoms with van der Waals surface area (Å²) in [5, 5.41) is 3.70. The number of hydrogen-bond acceptors (Lipinski definition) is 7. The number of carbonyl (C=O) groups excluding carboxylic acids is 1. The first kappa shape index (κ1) is 27.1.